The molecule has 0 radical (unpaired) electrons. The van der Waals surface area contributed by atoms with Gasteiger partial charge in [-0.1, -0.05) is 213 Å². The van der Waals surface area contributed by atoms with Crippen LogP contribution in [-0.4, -0.2) is 65.7 Å². The van der Waals surface area contributed by atoms with E-state index in [1.165, 1.54) is 161 Å². The van der Waals surface area contributed by atoms with E-state index in [1.54, 1.807) is 0 Å². The predicted molar refractivity (Wildman–Crippen MR) is 229 cm³/mol. The zero-order valence-corrected chi connectivity index (χ0v) is 37.3. The maximum atomic E-state index is 12.4. The molecule has 0 rings (SSSR count). The van der Waals surface area contributed by atoms with Crippen molar-refractivity contribution >= 4 is 19.8 Å². The molecule has 0 aromatic carbocycles. The standard InChI is InChI=1S/C45H89O10P/c1-3-5-7-9-11-13-15-17-19-20-21-22-23-25-27-29-31-33-35-37-45(49)55-43(39-47)41-53-56(50,51)52-40-42(38-46)54-44(48)36-34-32-30-28-26-24-18-16-14-12-10-8-6-4-2/h42-43,46-47H,3-41H2,1-2H3,(H,50,51). The third kappa shape index (κ3) is 39.8. The first kappa shape index (κ1) is 55.0. The summed E-state index contributed by atoms with van der Waals surface area (Å²) in [6.45, 7) is 2.26. The average Bonchev–Trinajstić information content (AvgIpc) is 3.19. The number of aliphatic hydroxyl groups excluding tert-OH is 2. The Balaban J connectivity index is 3.83. The topological polar surface area (TPSA) is 149 Å². The lowest BCUT2D eigenvalue weighted by atomic mass is 10.0. The fourth-order valence-electron chi connectivity index (χ4n) is 6.94. The van der Waals surface area contributed by atoms with Crippen LogP contribution in [0, 0.1) is 0 Å². The summed E-state index contributed by atoms with van der Waals surface area (Å²) < 4.78 is 32.6. The molecule has 11 heteroatoms. The van der Waals surface area contributed by atoms with Crippen LogP contribution in [-0.2, 0) is 32.7 Å². The summed E-state index contributed by atoms with van der Waals surface area (Å²) in [6.07, 6.45) is 39.3. The molecule has 0 aromatic heterocycles. The van der Waals surface area contributed by atoms with Crippen LogP contribution in [0.15, 0.2) is 0 Å². The smallest absolute Gasteiger partial charge is 0.457 e. The van der Waals surface area contributed by atoms with Crippen LogP contribution >= 0.6 is 7.82 Å². The Morgan fingerprint density at radius 2 is 0.625 bits per heavy atom. The number of carbonyl (C=O) groups excluding carboxylic acids is 2. The second-order valence-electron chi connectivity index (χ2n) is 16.1. The molecule has 0 spiro atoms. The maximum absolute atomic E-state index is 12.4. The Hall–Kier alpha value is -1.03. The summed E-state index contributed by atoms with van der Waals surface area (Å²) in [7, 11) is -4.63. The molecule has 10 nitrogen and oxygen atoms in total. The van der Waals surface area contributed by atoms with E-state index in [0.717, 1.165) is 38.5 Å². The molecule has 0 aliphatic heterocycles. The molecule has 0 saturated heterocycles. The fourth-order valence-corrected chi connectivity index (χ4v) is 7.73. The normalized spacial score (nSPS) is 13.7. The first-order valence-corrected chi connectivity index (χ1v) is 25.0. The summed E-state index contributed by atoms with van der Waals surface area (Å²) in [4.78, 5) is 34.6. The van der Waals surface area contributed by atoms with Gasteiger partial charge in [-0.2, -0.15) is 0 Å². The predicted octanol–water partition coefficient (Wildman–Crippen LogP) is 12.6. The minimum atomic E-state index is -4.63. The van der Waals surface area contributed by atoms with E-state index < -0.39 is 58.4 Å². The lowest BCUT2D eigenvalue weighted by Crippen LogP contribution is -2.28. The number of hydrogen-bond acceptors (Lipinski definition) is 9. The molecule has 56 heavy (non-hydrogen) atoms. The van der Waals surface area contributed by atoms with Gasteiger partial charge in [0.2, 0.25) is 0 Å². The minimum Gasteiger partial charge on any atom is -0.457 e. The molecule has 0 aliphatic carbocycles. The van der Waals surface area contributed by atoms with E-state index in [0.29, 0.717) is 12.8 Å². The van der Waals surface area contributed by atoms with Crippen LogP contribution in [0.5, 0.6) is 0 Å². The summed E-state index contributed by atoms with van der Waals surface area (Å²) in [6, 6.07) is 0. The van der Waals surface area contributed by atoms with Crippen LogP contribution in [0.1, 0.15) is 239 Å². The molecule has 0 heterocycles. The molecule has 0 fully saturated rings. The Labute approximate surface area is 344 Å². The van der Waals surface area contributed by atoms with Gasteiger partial charge < -0.3 is 24.6 Å². The van der Waals surface area contributed by atoms with E-state index in [-0.39, 0.29) is 12.8 Å². The summed E-state index contributed by atoms with van der Waals surface area (Å²) in [5, 5.41) is 19.2. The monoisotopic (exact) mass is 821 g/mol. The van der Waals surface area contributed by atoms with Gasteiger partial charge in [0, 0.05) is 12.8 Å². The molecular formula is C45H89O10P. The van der Waals surface area contributed by atoms with Crippen molar-refractivity contribution in [1.29, 1.82) is 0 Å². The van der Waals surface area contributed by atoms with Gasteiger partial charge in [-0.15, -0.1) is 0 Å². The number of ether oxygens (including phenoxy) is 2. The van der Waals surface area contributed by atoms with E-state index in [9.17, 15) is 29.3 Å². The van der Waals surface area contributed by atoms with Crippen LogP contribution in [0.2, 0.25) is 0 Å². The average molecular weight is 821 g/mol. The molecule has 0 aromatic rings. The van der Waals surface area contributed by atoms with Gasteiger partial charge >= 0.3 is 19.8 Å². The molecular weight excluding hydrogens is 731 g/mol. The zero-order valence-electron chi connectivity index (χ0n) is 36.4. The van der Waals surface area contributed by atoms with Crippen molar-refractivity contribution in [3.05, 3.63) is 0 Å². The highest BCUT2D eigenvalue weighted by Crippen LogP contribution is 2.43. The van der Waals surface area contributed by atoms with Crippen molar-refractivity contribution in [2.45, 2.75) is 251 Å². The first-order chi connectivity index (χ1) is 27.3. The van der Waals surface area contributed by atoms with Crippen LogP contribution in [0.3, 0.4) is 0 Å². The van der Waals surface area contributed by atoms with E-state index >= 15 is 0 Å². The van der Waals surface area contributed by atoms with Crippen LogP contribution in [0.4, 0.5) is 0 Å². The summed E-state index contributed by atoms with van der Waals surface area (Å²) >= 11 is 0. The largest absolute Gasteiger partial charge is 0.472 e. The molecule has 0 bridgehead atoms. The van der Waals surface area contributed by atoms with Crippen molar-refractivity contribution in [2.24, 2.45) is 0 Å². The van der Waals surface area contributed by atoms with Crippen molar-refractivity contribution in [1.82, 2.24) is 0 Å². The molecule has 0 amide bonds. The number of aliphatic hydroxyl groups is 2. The number of esters is 2. The summed E-state index contributed by atoms with van der Waals surface area (Å²) in [5.74, 6) is -1.00. The van der Waals surface area contributed by atoms with E-state index in [4.69, 9.17) is 18.5 Å². The van der Waals surface area contributed by atoms with E-state index in [1.807, 2.05) is 0 Å². The molecule has 334 valence electrons. The Kier molecular flexibility index (Phi) is 41.3. The molecule has 0 aliphatic rings. The van der Waals surface area contributed by atoms with Gasteiger partial charge in [0.05, 0.1) is 26.4 Å². The van der Waals surface area contributed by atoms with Gasteiger partial charge in [0.1, 0.15) is 12.2 Å². The first-order valence-electron chi connectivity index (χ1n) is 23.5. The zero-order chi connectivity index (χ0) is 41.2. The number of phosphoric ester groups is 1. The third-order valence-electron chi connectivity index (χ3n) is 10.6. The highest BCUT2D eigenvalue weighted by Gasteiger charge is 2.27. The van der Waals surface area contributed by atoms with E-state index in [2.05, 4.69) is 13.8 Å². The molecule has 3 unspecified atom stereocenters. The lowest BCUT2D eigenvalue weighted by molar-refractivity contribution is -0.153. The Morgan fingerprint density at radius 3 is 0.839 bits per heavy atom. The number of carbonyl (C=O) groups is 2. The number of rotatable bonds is 45. The summed E-state index contributed by atoms with van der Waals surface area (Å²) in [5.41, 5.74) is 0. The van der Waals surface area contributed by atoms with Crippen molar-refractivity contribution in [3.8, 4) is 0 Å². The quantitative estimate of drug-likeness (QED) is 0.0308. The van der Waals surface area contributed by atoms with Crippen molar-refractivity contribution in [3.63, 3.8) is 0 Å². The second kappa shape index (κ2) is 42.1. The fraction of sp³-hybridized carbons (Fsp3) is 0.956. The van der Waals surface area contributed by atoms with Crippen LogP contribution in [0.25, 0.3) is 0 Å². The van der Waals surface area contributed by atoms with Crippen LogP contribution < -0.4 is 0 Å². The number of unbranched alkanes of at least 4 members (excludes halogenated alkanes) is 31. The second-order valence-corrected chi connectivity index (χ2v) is 17.6. The van der Waals surface area contributed by atoms with Gasteiger partial charge in [0.15, 0.2) is 0 Å². The Morgan fingerprint density at radius 1 is 0.411 bits per heavy atom. The van der Waals surface area contributed by atoms with Gasteiger partial charge in [0.25, 0.3) is 0 Å². The number of phosphoric acid groups is 1. The van der Waals surface area contributed by atoms with Crippen molar-refractivity contribution < 1.29 is 47.8 Å². The maximum Gasteiger partial charge on any atom is 0.472 e. The highest BCUT2D eigenvalue weighted by molar-refractivity contribution is 7.47. The van der Waals surface area contributed by atoms with Gasteiger partial charge in [-0.25, -0.2) is 4.57 Å². The third-order valence-corrected chi connectivity index (χ3v) is 11.5. The minimum absolute atomic E-state index is 0.199. The lowest BCUT2D eigenvalue weighted by Gasteiger charge is -2.20. The molecule has 0 saturated carbocycles. The van der Waals surface area contributed by atoms with Gasteiger partial charge in [-0.3, -0.25) is 18.6 Å². The number of hydrogen-bond donors (Lipinski definition) is 3. The Bertz CT molecular complexity index is 904. The molecule has 3 N–H and O–H groups in total. The van der Waals surface area contributed by atoms with Gasteiger partial charge in [-0.05, 0) is 12.8 Å². The SMILES string of the molecule is CCCCCCCCCCCCCCCCCCCCCC(=O)OC(CO)COP(=O)(O)OCC(CO)OC(=O)CCCCCCCCCCCCCCCC. The van der Waals surface area contributed by atoms with Crippen molar-refractivity contribution in [2.75, 3.05) is 26.4 Å². The molecule has 3 atom stereocenters. The highest BCUT2D eigenvalue weighted by atomic mass is 31.2.